The molecule has 1 aromatic heterocycles. The molecule has 0 bridgehead atoms. The van der Waals surface area contributed by atoms with E-state index in [0.717, 1.165) is 22.5 Å². The topological polar surface area (TPSA) is 63.8 Å². The minimum absolute atomic E-state index is 0.571. The van der Waals surface area contributed by atoms with E-state index < -0.39 is 0 Å². The Balaban J connectivity index is 2.60. The zero-order chi connectivity index (χ0) is 10.7. The fourth-order valence-corrected chi connectivity index (χ4v) is 1.56. The second-order valence-corrected chi connectivity index (χ2v) is 3.29. The Morgan fingerprint density at radius 2 is 2.07 bits per heavy atom. The van der Waals surface area contributed by atoms with Crippen LogP contribution in [0.15, 0.2) is 24.3 Å². The molecule has 0 spiro atoms. The molecule has 78 valence electrons. The van der Waals surface area contributed by atoms with Gasteiger partial charge in [-0.25, -0.2) is 9.97 Å². The molecule has 0 saturated heterocycles. The van der Waals surface area contributed by atoms with Crippen molar-refractivity contribution in [3.63, 3.8) is 0 Å². The minimum atomic E-state index is 0.571. The van der Waals surface area contributed by atoms with Crippen LogP contribution in [0, 0.1) is 0 Å². The summed E-state index contributed by atoms with van der Waals surface area (Å²) in [6, 6.07) is 7.95. The van der Waals surface area contributed by atoms with E-state index in [4.69, 9.17) is 5.73 Å². The van der Waals surface area contributed by atoms with Crippen molar-refractivity contribution in [2.24, 2.45) is 5.73 Å². The number of nitrogens with zero attached hydrogens (tertiary/aromatic N) is 2. The largest absolute Gasteiger partial charge is 0.373 e. The van der Waals surface area contributed by atoms with Gasteiger partial charge in [0.2, 0.25) is 0 Å². The van der Waals surface area contributed by atoms with E-state index in [1.807, 2.05) is 31.3 Å². The van der Waals surface area contributed by atoms with E-state index in [1.54, 1.807) is 0 Å². The molecule has 0 unspecified atom stereocenters. The molecule has 0 aliphatic rings. The smallest absolute Gasteiger partial charge is 0.137 e. The fourth-order valence-electron chi connectivity index (χ4n) is 1.56. The van der Waals surface area contributed by atoms with E-state index in [-0.39, 0.29) is 0 Å². The highest BCUT2D eigenvalue weighted by atomic mass is 15.0. The number of anilines is 1. The first-order chi connectivity index (χ1) is 7.35. The highest BCUT2D eigenvalue weighted by Crippen LogP contribution is 2.19. The molecule has 4 heteroatoms. The van der Waals surface area contributed by atoms with Gasteiger partial charge in [-0.15, -0.1) is 0 Å². The molecule has 0 aliphatic heterocycles. The van der Waals surface area contributed by atoms with Gasteiger partial charge in [-0.05, 0) is 18.7 Å². The third kappa shape index (κ3) is 1.89. The Morgan fingerprint density at radius 3 is 2.80 bits per heavy atom. The van der Waals surface area contributed by atoms with Gasteiger partial charge in [0.15, 0.2) is 0 Å². The second kappa shape index (κ2) is 4.23. The minimum Gasteiger partial charge on any atom is -0.373 e. The van der Waals surface area contributed by atoms with Gasteiger partial charge in [-0.1, -0.05) is 12.1 Å². The molecule has 2 aromatic rings. The maximum absolute atomic E-state index is 5.50. The van der Waals surface area contributed by atoms with Gasteiger partial charge in [0, 0.05) is 18.9 Å². The number of hydrogen-bond donors (Lipinski definition) is 2. The van der Waals surface area contributed by atoms with Crippen molar-refractivity contribution >= 4 is 16.7 Å². The Bertz CT molecular complexity index is 467. The summed E-state index contributed by atoms with van der Waals surface area (Å²) in [5.41, 5.74) is 6.45. The van der Waals surface area contributed by atoms with E-state index in [2.05, 4.69) is 15.3 Å². The summed E-state index contributed by atoms with van der Waals surface area (Å²) in [7, 11) is 1.86. The van der Waals surface area contributed by atoms with Crippen LogP contribution in [0.4, 0.5) is 5.82 Å². The Morgan fingerprint density at radius 1 is 1.27 bits per heavy atom. The third-order valence-electron chi connectivity index (χ3n) is 2.25. The standard InChI is InChI=1S/C11H14N4/c1-13-11-8-4-2-3-5-9(8)14-10(15-11)6-7-12/h2-5H,6-7,12H2,1H3,(H,13,14,15). The van der Waals surface area contributed by atoms with Crippen molar-refractivity contribution in [2.75, 3.05) is 18.9 Å². The van der Waals surface area contributed by atoms with Crippen LogP contribution in [0.1, 0.15) is 5.82 Å². The first-order valence-corrected chi connectivity index (χ1v) is 4.98. The van der Waals surface area contributed by atoms with Crippen LogP contribution in [-0.4, -0.2) is 23.6 Å². The predicted molar refractivity (Wildman–Crippen MR) is 61.8 cm³/mol. The summed E-state index contributed by atoms with van der Waals surface area (Å²) < 4.78 is 0. The van der Waals surface area contributed by atoms with Gasteiger partial charge in [0.05, 0.1) is 5.52 Å². The molecule has 0 amide bonds. The predicted octanol–water partition coefficient (Wildman–Crippen LogP) is 1.17. The Hall–Kier alpha value is -1.68. The van der Waals surface area contributed by atoms with Gasteiger partial charge < -0.3 is 11.1 Å². The SMILES string of the molecule is CNc1nc(CCN)nc2ccccc12. The fraction of sp³-hybridized carbons (Fsp3) is 0.273. The summed E-state index contributed by atoms with van der Waals surface area (Å²) in [4.78, 5) is 8.85. The van der Waals surface area contributed by atoms with Crippen LogP contribution >= 0.6 is 0 Å². The molecule has 0 atom stereocenters. The first kappa shape index (κ1) is 9.86. The molecule has 2 rings (SSSR count). The molecule has 0 saturated carbocycles. The average Bonchev–Trinajstić information content (AvgIpc) is 2.28. The Kier molecular flexibility index (Phi) is 2.78. The Labute approximate surface area is 88.5 Å². The monoisotopic (exact) mass is 202 g/mol. The molecule has 0 radical (unpaired) electrons. The summed E-state index contributed by atoms with van der Waals surface area (Å²) >= 11 is 0. The zero-order valence-corrected chi connectivity index (χ0v) is 8.70. The van der Waals surface area contributed by atoms with Crippen LogP contribution in [-0.2, 0) is 6.42 Å². The second-order valence-electron chi connectivity index (χ2n) is 3.29. The van der Waals surface area contributed by atoms with Crippen LogP contribution in [0.3, 0.4) is 0 Å². The lowest BCUT2D eigenvalue weighted by Gasteiger charge is -2.06. The van der Waals surface area contributed by atoms with E-state index in [9.17, 15) is 0 Å². The van der Waals surface area contributed by atoms with Crippen molar-refractivity contribution in [1.29, 1.82) is 0 Å². The van der Waals surface area contributed by atoms with E-state index in [0.29, 0.717) is 13.0 Å². The lowest BCUT2D eigenvalue weighted by Crippen LogP contribution is -2.08. The number of para-hydroxylation sites is 1. The molecular formula is C11H14N4. The van der Waals surface area contributed by atoms with Crippen molar-refractivity contribution in [2.45, 2.75) is 6.42 Å². The molecule has 1 aromatic carbocycles. The third-order valence-corrected chi connectivity index (χ3v) is 2.25. The molecule has 1 heterocycles. The molecule has 0 fully saturated rings. The summed E-state index contributed by atoms with van der Waals surface area (Å²) in [6.07, 6.45) is 0.708. The van der Waals surface area contributed by atoms with Gasteiger partial charge in [-0.3, -0.25) is 0 Å². The van der Waals surface area contributed by atoms with Gasteiger partial charge >= 0.3 is 0 Å². The molecule has 0 aliphatic carbocycles. The molecule has 15 heavy (non-hydrogen) atoms. The van der Waals surface area contributed by atoms with Gasteiger partial charge in [0.25, 0.3) is 0 Å². The lowest BCUT2D eigenvalue weighted by atomic mass is 10.2. The number of rotatable bonds is 3. The van der Waals surface area contributed by atoms with Crippen molar-refractivity contribution in [3.8, 4) is 0 Å². The summed E-state index contributed by atoms with van der Waals surface area (Å²) in [5, 5.41) is 4.12. The van der Waals surface area contributed by atoms with Crippen molar-refractivity contribution in [1.82, 2.24) is 9.97 Å². The molecule has 3 N–H and O–H groups in total. The van der Waals surface area contributed by atoms with Gasteiger partial charge in [-0.2, -0.15) is 0 Å². The highest BCUT2D eigenvalue weighted by Gasteiger charge is 2.04. The van der Waals surface area contributed by atoms with Crippen molar-refractivity contribution in [3.05, 3.63) is 30.1 Å². The van der Waals surface area contributed by atoms with Crippen LogP contribution < -0.4 is 11.1 Å². The molecule has 4 nitrogen and oxygen atoms in total. The van der Waals surface area contributed by atoms with E-state index in [1.165, 1.54) is 0 Å². The highest BCUT2D eigenvalue weighted by molar-refractivity contribution is 5.88. The van der Waals surface area contributed by atoms with Crippen molar-refractivity contribution < 1.29 is 0 Å². The number of nitrogens with two attached hydrogens (primary N) is 1. The molecular weight excluding hydrogens is 188 g/mol. The lowest BCUT2D eigenvalue weighted by molar-refractivity contribution is 0.881. The number of aromatic nitrogens is 2. The number of hydrogen-bond acceptors (Lipinski definition) is 4. The maximum Gasteiger partial charge on any atom is 0.137 e. The zero-order valence-electron chi connectivity index (χ0n) is 8.70. The van der Waals surface area contributed by atoms with Crippen LogP contribution in [0.2, 0.25) is 0 Å². The quantitative estimate of drug-likeness (QED) is 0.784. The summed E-state index contributed by atoms with van der Waals surface area (Å²) in [5.74, 6) is 1.66. The average molecular weight is 202 g/mol. The van der Waals surface area contributed by atoms with E-state index >= 15 is 0 Å². The first-order valence-electron chi connectivity index (χ1n) is 4.98. The van der Waals surface area contributed by atoms with Crippen LogP contribution in [0.25, 0.3) is 10.9 Å². The maximum atomic E-state index is 5.50. The number of nitrogens with one attached hydrogen (secondary N) is 1. The summed E-state index contributed by atoms with van der Waals surface area (Å²) in [6.45, 7) is 0.571. The number of benzene rings is 1. The van der Waals surface area contributed by atoms with Crippen LogP contribution in [0.5, 0.6) is 0 Å². The normalized spacial score (nSPS) is 10.5. The van der Waals surface area contributed by atoms with Gasteiger partial charge in [0.1, 0.15) is 11.6 Å². The number of fused-ring (bicyclic) bond motifs is 1.